The van der Waals surface area contributed by atoms with Crippen molar-refractivity contribution in [3.8, 4) is 0 Å². The summed E-state index contributed by atoms with van der Waals surface area (Å²) in [5, 5.41) is 0. The van der Waals surface area contributed by atoms with Gasteiger partial charge in [-0.3, -0.25) is 0 Å². The Balaban J connectivity index is 2.01. The fourth-order valence-electron chi connectivity index (χ4n) is 1.90. The molecule has 3 nitrogen and oxygen atoms in total. The Kier molecular flexibility index (Phi) is 2.96. The van der Waals surface area contributed by atoms with Gasteiger partial charge in [-0.1, -0.05) is 18.2 Å². The molecule has 84 valence electrons. The van der Waals surface area contributed by atoms with Gasteiger partial charge in [-0.15, -0.1) is 6.58 Å². The molecule has 3 heteroatoms. The minimum absolute atomic E-state index is 0.0213. The molecule has 1 fully saturated rings. The third-order valence-electron chi connectivity index (χ3n) is 2.65. The van der Waals surface area contributed by atoms with E-state index in [4.69, 9.17) is 14.2 Å². The zero-order chi connectivity index (χ0) is 10.9. The second-order valence-electron chi connectivity index (χ2n) is 4.42. The molecule has 0 amide bonds. The number of hydrogen-bond donors (Lipinski definition) is 0. The molecule has 2 rings (SSSR count). The topological polar surface area (TPSA) is 27.7 Å². The van der Waals surface area contributed by atoms with Gasteiger partial charge in [0.25, 0.3) is 0 Å². The zero-order valence-corrected chi connectivity index (χ0v) is 9.31. The van der Waals surface area contributed by atoms with Crippen molar-refractivity contribution >= 4 is 0 Å². The lowest BCUT2D eigenvalue weighted by Gasteiger charge is -2.42. The average molecular weight is 210 g/mol. The molecular formula is C12H18O3. The van der Waals surface area contributed by atoms with Gasteiger partial charge in [0, 0.05) is 0 Å². The Bertz CT molecular complexity index is 270. The normalized spacial score (nSPS) is 38.4. The van der Waals surface area contributed by atoms with Crippen LogP contribution in [0.25, 0.3) is 0 Å². The summed E-state index contributed by atoms with van der Waals surface area (Å²) in [4.78, 5) is 0. The predicted molar refractivity (Wildman–Crippen MR) is 57.5 cm³/mol. The Hall–Kier alpha value is -0.640. The van der Waals surface area contributed by atoms with Gasteiger partial charge in [0.15, 0.2) is 5.79 Å². The summed E-state index contributed by atoms with van der Waals surface area (Å²) in [6.07, 6.45) is 6.99. The van der Waals surface area contributed by atoms with E-state index in [0.29, 0.717) is 6.61 Å². The lowest BCUT2D eigenvalue weighted by Crippen LogP contribution is -2.51. The van der Waals surface area contributed by atoms with Gasteiger partial charge in [-0.2, -0.15) is 0 Å². The molecule has 0 bridgehead atoms. The maximum absolute atomic E-state index is 5.82. The predicted octanol–water partition coefficient (Wildman–Crippen LogP) is 2.04. The molecule has 0 aromatic carbocycles. The minimum atomic E-state index is -0.500. The monoisotopic (exact) mass is 210 g/mol. The van der Waals surface area contributed by atoms with Crippen molar-refractivity contribution in [2.45, 2.75) is 44.4 Å². The van der Waals surface area contributed by atoms with Gasteiger partial charge in [-0.05, 0) is 20.3 Å². The van der Waals surface area contributed by atoms with Crippen LogP contribution in [0.4, 0.5) is 0 Å². The third-order valence-corrected chi connectivity index (χ3v) is 2.65. The summed E-state index contributed by atoms with van der Waals surface area (Å²) in [6.45, 7) is 8.15. The fourth-order valence-corrected chi connectivity index (χ4v) is 1.90. The number of ether oxygens (including phenoxy) is 3. The Morgan fingerprint density at radius 3 is 3.00 bits per heavy atom. The molecule has 2 aliphatic heterocycles. The first-order valence-corrected chi connectivity index (χ1v) is 5.37. The first-order chi connectivity index (χ1) is 7.11. The molecule has 0 unspecified atom stereocenters. The van der Waals surface area contributed by atoms with Crippen LogP contribution in [0.5, 0.6) is 0 Å². The Morgan fingerprint density at radius 2 is 2.27 bits per heavy atom. The van der Waals surface area contributed by atoms with E-state index in [0.717, 1.165) is 6.42 Å². The second-order valence-corrected chi connectivity index (χ2v) is 4.42. The van der Waals surface area contributed by atoms with Crippen molar-refractivity contribution in [1.82, 2.24) is 0 Å². The zero-order valence-electron chi connectivity index (χ0n) is 9.31. The highest BCUT2D eigenvalue weighted by molar-refractivity contribution is 5.05. The quantitative estimate of drug-likeness (QED) is 0.653. The molecule has 2 aliphatic rings. The van der Waals surface area contributed by atoms with Crippen LogP contribution in [-0.2, 0) is 14.2 Å². The van der Waals surface area contributed by atoms with Crippen molar-refractivity contribution in [3.63, 3.8) is 0 Å². The largest absolute Gasteiger partial charge is 0.365 e. The summed E-state index contributed by atoms with van der Waals surface area (Å²) in [5.41, 5.74) is 0. The van der Waals surface area contributed by atoms with Crippen molar-refractivity contribution in [2.75, 3.05) is 6.61 Å². The first kappa shape index (κ1) is 10.9. The molecule has 15 heavy (non-hydrogen) atoms. The van der Waals surface area contributed by atoms with Crippen LogP contribution in [-0.4, -0.2) is 30.7 Å². The van der Waals surface area contributed by atoms with Crippen molar-refractivity contribution in [1.29, 1.82) is 0 Å². The molecule has 0 N–H and O–H groups in total. The van der Waals surface area contributed by atoms with E-state index in [-0.39, 0.29) is 18.3 Å². The van der Waals surface area contributed by atoms with E-state index >= 15 is 0 Å². The van der Waals surface area contributed by atoms with Gasteiger partial charge in [0.1, 0.15) is 12.2 Å². The molecular weight excluding hydrogens is 192 g/mol. The van der Waals surface area contributed by atoms with Gasteiger partial charge >= 0.3 is 0 Å². The summed E-state index contributed by atoms with van der Waals surface area (Å²) >= 11 is 0. The Morgan fingerprint density at radius 1 is 1.47 bits per heavy atom. The molecule has 0 radical (unpaired) electrons. The average Bonchev–Trinajstić information content (AvgIpc) is 2.18. The second kappa shape index (κ2) is 4.08. The van der Waals surface area contributed by atoms with Gasteiger partial charge in [0.2, 0.25) is 0 Å². The van der Waals surface area contributed by atoms with Gasteiger partial charge in [0.05, 0.1) is 12.7 Å². The summed E-state index contributed by atoms with van der Waals surface area (Å²) in [5.74, 6) is -0.500. The molecule has 3 atom stereocenters. The standard InChI is InChI=1S/C12H18O3/c1-4-5-9-6-7-10-11(14-9)8-13-12(2,3)15-10/h4,6-7,9-11H,1,5,8H2,2-3H3/t9-,10+,11-/m1/s1. The van der Waals surface area contributed by atoms with Crippen LogP contribution >= 0.6 is 0 Å². The minimum Gasteiger partial charge on any atom is -0.365 e. The molecule has 1 saturated heterocycles. The van der Waals surface area contributed by atoms with Crippen LogP contribution in [0.1, 0.15) is 20.3 Å². The summed E-state index contributed by atoms with van der Waals surface area (Å²) in [6, 6.07) is 0. The van der Waals surface area contributed by atoms with Crippen LogP contribution in [0.3, 0.4) is 0 Å². The first-order valence-electron chi connectivity index (χ1n) is 5.37. The molecule has 0 aromatic heterocycles. The van der Waals surface area contributed by atoms with E-state index in [1.807, 2.05) is 26.0 Å². The maximum atomic E-state index is 5.82. The molecule has 2 heterocycles. The summed E-state index contributed by atoms with van der Waals surface area (Å²) < 4.78 is 17.1. The highest BCUT2D eigenvalue weighted by Gasteiger charge is 2.38. The van der Waals surface area contributed by atoms with Crippen LogP contribution in [0, 0.1) is 0 Å². The van der Waals surface area contributed by atoms with Crippen LogP contribution in [0.15, 0.2) is 24.8 Å². The van der Waals surface area contributed by atoms with E-state index in [1.165, 1.54) is 0 Å². The van der Waals surface area contributed by atoms with E-state index in [1.54, 1.807) is 0 Å². The highest BCUT2D eigenvalue weighted by atomic mass is 16.7. The van der Waals surface area contributed by atoms with E-state index in [9.17, 15) is 0 Å². The molecule has 0 spiro atoms. The van der Waals surface area contributed by atoms with Crippen LogP contribution in [0.2, 0.25) is 0 Å². The fraction of sp³-hybridized carbons (Fsp3) is 0.667. The molecule has 0 aromatic rings. The highest BCUT2D eigenvalue weighted by Crippen LogP contribution is 2.28. The number of fused-ring (bicyclic) bond motifs is 1. The van der Waals surface area contributed by atoms with Crippen molar-refractivity contribution in [2.24, 2.45) is 0 Å². The maximum Gasteiger partial charge on any atom is 0.163 e. The third kappa shape index (κ3) is 2.48. The molecule has 0 saturated carbocycles. The lowest BCUT2D eigenvalue weighted by molar-refractivity contribution is -0.305. The van der Waals surface area contributed by atoms with Crippen molar-refractivity contribution < 1.29 is 14.2 Å². The number of rotatable bonds is 2. The smallest absolute Gasteiger partial charge is 0.163 e. The summed E-state index contributed by atoms with van der Waals surface area (Å²) in [7, 11) is 0. The van der Waals surface area contributed by atoms with Crippen LogP contribution < -0.4 is 0 Å². The van der Waals surface area contributed by atoms with Crippen molar-refractivity contribution in [3.05, 3.63) is 24.8 Å². The molecule has 0 aliphatic carbocycles. The number of hydrogen-bond acceptors (Lipinski definition) is 3. The van der Waals surface area contributed by atoms with E-state index in [2.05, 4.69) is 12.7 Å². The lowest BCUT2D eigenvalue weighted by atomic mass is 10.1. The van der Waals surface area contributed by atoms with Gasteiger partial charge in [-0.25, -0.2) is 0 Å². The SMILES string of the molecule is C=CC[C@@H]1C=C[C@@H]2OC(C)(C)OC[C@H]2O1. The van der Waals surface area contributed by atoms with Gasteiger partial charge < -0.3 is 14.2 Å². The van der Waals surface area contributed by atoms with E-state index < -0.39 is 5.79 Å². The Labute approximate surface area is 90.7 Å².